The van der Waals surface area contributed by atoms with E-state index in [0.29, 0.717) is 6.42 Å². The molecule has 0 spiro atoms. The topological polar surface area (TPSA) is 29.1 Å². The van der Waals surface area contributed by atoms with Gasteiger partial charge in [0.1, 0.15) is 0 Å². The fourth-order valence-electron chi connectivity index (χ4n) is 1.66. The Morgan fingerprint density at radius 2 is 2.36 bits per heavy atom. The number of nitrogens with one attached hydrogen (secondary N) is 1. The second-order valence-electron chi connectivity index (χ2n) is 3.46. The van der Waals surface area contributed by atoms with Crippen molar-refractivity contribution in [2.45, 2.75) is 12.8 Å². The number of carbonyl (C=O) groups excluding carboxylic acids is 1. The summed E-state index contributed by atoms with van der Waals surface area (Å²) in [6.45, 7) is 0. The van der Waals surface area contributed by atoms with E-state index >= 15 is 0 Å². The zero-order valence-corrected chi connectivity index (χ0v) is 8.99. The van der Waals surface area contributed by atoms with Crippen LogP contribution in [0.2, 0.25) is 0 Å². The van der Waals surface area contributed by atoms with Crippen molar-refractivity contribution in [2.75, 3.05) is 17.3 Å². The van der Waals surface area contributed by atoms with Crippen LogP contribution in [0.4, 0.5) is 5.69 Å². The monoisotopic (exact) mass is 207 g/mol. The lowest BCUT2D eigenvalue weighted by Crippen LogP contribution is -2.03. The van der Waals surface area contributed by atoms with Crippen LogP contribution in [0.15, 0.2) is 18.2 Å². The first kappa shape index (κ1) is 9.59. The molecule has 0 aromatic heterocycles. The highest BCUT2D eigenvalue weighted by Gasteiger charge is 2.16. The highest BCUT2D eigenvalue weighted by atomic mass is 32.2. The molecule has 1 heterocycles. The van der Waals surface area contributed by atoms with Crippen molar-refractivity contribution in [3.05, 3.63) is 29.3 Å². The van der Waals surface area contributed by atoms with Crippen molar-refractivity contribution in [3.8, 4) is 0 Å². The number of carbonyl (C=O) groups is 1. The number of fused-ring (bicyclic) bond motifs is 1. The Balaban J connectivity index is 2.16. The number of aryl methyl sites for hydroxylation is 1. The molecular weight excluding hydrogens is 194 g/mol. The molecule has 74 valence electrons. The lowest BCUT2D eigenvalue weighted by molar-refractivity contribution is -0.115. The number of thioether (sulfide) groups is 1. The van der Waals surface area contributed by atoms with Crippen LogP contribution in [0.5, 0.6) is 0 Å². The first-order valence-electron chi connectivity index (χ1n) is 4.70. The van der Waals surface area contributed by atoms with Crippen LogP contribution in [-0.2, 0) is 17.6 Å². The largest absolute Gasteiger partial charge is 0.326 e. The van der Waals surface area contributed by atoms with Gasteiger partial charge >= 0.3 is 0 Å². The van der Waals surface area contributed by atoms with Gasteiger partial charge in [0.25, 0.3) is 0 Å². The molecule has 3 heteroatoms. The van der Waals surface area contributed by atoms with E-state index in [1.165, 1.54) is 5.56 Å². The van der Waals surface area contributed by atoms with Crippen LogP contribution in [0.25, 0.3) is 0 Å². The van der Waals surface area contributed by atoms with Crippen LogP contribution in [0, 0.1) is 0 Å². The maximum absolute atomic E-state index is 11.1. The van der Waals surface area contributed by atoms with Crippen molar-refractivity contribution < 1.29 is 4.79 Å². The smallest absolute Gasteiger partial charge is 0.228 e. The lowest BCUT2D eigenvalue weighted by atomic mass is 10.1. The average molecular weight is 207 g/mol. The SMILES string of the molecule is CSCCc1ccc2c(c1)CC(=O)N2. The molecule has 14 heavy (non-hydrogen) atoms. The Morgan fingerprint density at radius 3 is 3.14 bits per heavy atom. The van der Waals surface area contributed by atoms with E-state index in [9.17, 15) is 4.79 Å². The van der Waals surface area contributed by atoms with Gasteiger partial charge < -0.3 is 5.32 Å². The van der Waals surface area contributed by atoms with Crippen LogP contribution < -0.4 is 5.32 Å². The zero-order chi connectivity index (χ0) is 9.97. The van der Waals surface area contributed by atoms with Crippen LogP contribution in [0.3, 0.4) is 0 Å². The summed E-state index contributed by atoms with van der Waals surface area (Å²) in [6.07, 6.45) is 3.74. The third-order valence-corrected chi connectivity index (χ3v) is 3.00. The van der Waals surface area contributed by atoms with E-state index < -0.39 is 0 Å². The molecule has 0 atom stereocenters. The fraction of sp³-hybridized carbons (Fsp3) is 0.364. The van der Waals surface area contributed by atoms with E-state index in [-0.39, 0.29) is 5.91 Å². The second kappa shape index (κ2) is 4.05. The molecule has 1 aliphatic heterocycles. The van der Waals surface area contributed by atoms with Gasteiger partial charge in [0, 0.05) is 5.69 Å². The highest BCUT2D eigenvalue weighted by molar-refractivity contribution is 7.98. The minimum Gasteiger partial charge on any atom is -0.326 e. The van der Waals surface area contributed by atoms with Crippen LogP contribution in [-0.4, -0.2) is 17.9 Å². The molecule has 0 saturated heterocycles. The van der Waals surface area contributed by atoms with Gasteiger partial charge in [-0.1, -0.05) is 12.1 Å². The average Bonchev–Trinajstić information content (AvgIpc) is 2.54. The molecule has 0 bridgehead atoms. The Morgan fingerprint density at radius 1 is 1.50 bits per heavy atom. The standard InChI is InChI=1S/C11H13NOS/c1-14-5-4-8-2-3-10-9(6-8)7-11(13)12-10/h2-3,6H,4-5,7H2,1H3,(H,12,13). The molecule has 0 unspecified atom stereocenters. The molecule has 0 fully saturated rings. The summed E-state index contributed by atoms with van der Waals surface area (Å²) < 4.78 is 0. The summed E-state index contributed by atoms with van der Waals surface area (Å²) in [7, 11) is 0. The normalized spacial score (nSPS) is 13.9. The van der Waals surface area contributed by atoms with Crippen molar-refractivity contribution in [1.29, 1.82) is 0 Å². The highest BCUT2D eigenvalue weighted by Crippen LogP contribution is 2.24. The fourth-order valence-corrected chi connectivity index (χ4v) is 2.10. The molecule has 1 aliphatic rings. The summed E-state index contributed by atoms with van der Waals surface area (Å²) in [5.41, 5.74) is 3.46. The van der Waals surface area contributed by atoms with E-state index in [1.807, 2.05) is 17.8 Å². The van der Waals surface area contributed by atoms with Gasteiger partial charge in [0.2, 0.25) is 5.91 Å². The Labute approximate surface area is 88.1 Å². The summed E-state index contributed by atoms with van der Waals surface area (Å²) in [6, 6.07) is 6.25. The molecule has 0 radical (unpaired) electrons. The minimum atomic E-state index is 0.113. The Hall–Kier alpha value is -0.960. The maximum atomic E-state index is 11.1. The predicted octanol–water partition coefficient (Wildman–Crippen LogP) is 2.09. The van der Waals surface area contributed by atoms with E-state index in [0.717, 1.165) is 23.4 Å². The molecule has 2 nitrogen and oxygen atoms in total. The predicted molar refractivity (Wildman–Crippen MR) is 60.9 cm³/mol. The van der Waals surface area contributed by atoms with Gasteiger partial charge in [-0.15, -0.1) is 0 Å². The summed E-state index contributed by atoms with van der Waals surface area (Å²) in [5, 5.41) is 2.84. The molecular formula is C11H13NOS. The third-order valence-electron chi connectivity index (χ3n) is 2.39. The summed E-state index contributed by atoms with van der Waals surface area (Å²) in [5.74, 6) is 1.25. The molecule has 1 aromatic carbocycles. The van der Waals surface area contributed by atoms with Crippen molar-refractivity contribution in [2.24, 2.45) is 0 Å². The summed E-state index contributed by atoms with van der Waals surface area (Å²) >= 11 is 1.85. The van der Waals surface area contributed by atoms with Gasteiger partial charge in [-0.25, -0.2) is 0 Å². The molecule has 0 aliphatic carbocycles. The number of benzene rings is 1. The first-order chi connectivity index (χ1) is 6.79. The minimum absolute atomic E-state index is 0.113. The zero-order valence-electron chi connectivity index (χ0n) is 8.17. The Kier molecular flexibility index (Phi) is 2.77. The van der Waals surface area contributed by atoms with Gasteiger partial charge in [0.05, 0.1) is 6.42 Å². The number of anilines is 1. The van der Waals surface area contributed by atoms with Crippen molar-refractivity contribution >= 4 is 23.4 Å². The Bertz CT molecular complexity index is 362. The molecule has 1 N–H and O–H groups in total. The third kappa shape index (κ3) is 1.93. The second-order valence-corrected chi connectivity index (χ2v) is 4.44. The molecule has 1 aromatic rings. The molecule has 2 rings (SSSR count). The van der Waals surface area contributed by atoms with E-state index in [2.05, 4.69) is 23.7 Å². The van der Waals surface area contributed by atoms with Crippen molar-refractivity contribution in [1.82, 2.24) is 0 Å². The lowest BCUT2D eigenvalue weighted by Gasteiger charge is -2.02. The number of hydrogen-bond acceptors (Lipinski definition) is 2. The van der Waals surface area contributed by atoms with E-state index in [1.54, 1.807) is 0 Å². The molecule has 0 saturated carbocycles. The van der Waals surface area contributed by atoms with Gasteiger partial charge in [-0.3, -0.25) is 4.79 Å². The van der Waals surface area contributed by atoms with Crippen LogP contribution >= 0.6 is 11.8 Å². The number of rotatable bonds is 3. The van der Waals surface area contributed by atoms with Crippen molar-refractivity contribution in [3.63, 3.8) is 0 Å². The van der Waals surface area contributed by atoms with Gasteiger partial charge in [0.15, 0.2) is 0 Å². The number of hydrogen-bond donors (Lipinski definition) is 1. The van der Waals surface area contributed by atoms with Crippen LogP contribution in [0.1, 0.15) is 11.1 Å². The van der Waals surface area contributed by atoms with Gasteiger partial charge in [-0.05, 0) is 35.6 Å². The number of amides is 1. The maximum Gasteiger partial charge on any atom is 0.228 e. The van der Waals surface area contributed by atoms with E-state index in [4.69, 9.17) is 0 Å². The summed E-state index contributed by atoms with van der Waals surface area (Å²) in [4.78, 5) is 11.1. The molecule has 1 amide bonds. The van der Waals surface area contributed by atoms with Gasteiger partial charge in [-0.2, -0.15) is 11.8 Å². The quantitative estimate of drug-likeness (QED) is 0.822. The first-order valence-corrected chi connectivity index (χ1v) is 6.09.